The lowest BCUT2D eigenvalue weighted by Gasteiger charge is -2.46. The molecule has 0 aromatic rings. The lowest BCUT2D eigenvalue weighted by Crippen LogP contribution is -2.67. The van der Waals surface area contributed by atoms with Crippen LogP contribution in [0.25, 0.3) is 0 Å². The topological polar surface area (TPSA) is 298 Å². The van der Waals surface area contributed by atoms with Gasteiger partial charge in [-0.1, -0.05) is 388 Å². The predicted octanol–water partition coefficient (Wildman–Crippen LogP) is 22.4. The molecule has 2 saturated heterocycles. The SMILES string of the molecule is CCCCCCCCCCCCCCCC(=O)O[C@H](CCCCCCCCCCC)CC(=O)NC1C(O)OC(COC2OC(CO)C(OC=O)C(OC(=O)C[C@@H](CCCCCCCCCCC)OC(=O)CCCCCCCCCCCCC)C2NC(=O)CC(CCCCCCCCCCC)OC(=O)CCCCCCCCCCC)C(O)C1O. The average molecular weight is 1680 g/mol. The monoisotopic (exact) mass is 1680 g/mol. The number of hydrogen-bond acceptors (Lipinski definition) is 19. The van der Waals surface area contributed by atoms with Crippen molar-refractivity contribution in [1.29, 1.82) is 0 Å². The van der Waals surface area contributed by atoms with E-state index >= 15 is 0 Å². The molecular weight excluding hydrogens is 1500 g/mol. The van der Waals surface area contributed by atoms with Crippen molar-refractivity contribution in [2.45, 2.75) is 564 Å². The number of amides is 2. The van der Waals surface area contributed by atoms with Gasteiger partial charge in [0.2, 0.25) is 11.8 Å². The van der Waals surface area contributed by atoms with E-state index in [0.717, 1.165) is 167 Å². The minimum absolute atomic E-state index is 0.116. The van der Waals surface area contributed by atoms with Gasteiger partial charge in [-0.25, -0.2) is 0 Å². The number of aliphatic hydroxyl groups excluding tert-OH is 4. The first-order chi connectivity index (χ1) is 57.6. The standard InChI is InChI=1S/C97H180N2O19/c1-7-13-19-25-31-37-39-40-42-48-54-59-65-70-86(104)113-79(67-61-55-49-43-33-27-21-15-9-3)73-84(102)98-90-93(109)92(108)83(116-96(90)110)77-111-97-91(99-85(103)74-80(68-62-56-50-44-34-28-22-16-10-4)114-87(105)71-64-58-52-46-36-30-24-18-12-6)95(94(112-78-101)82(76-100)117-97)118-89(107)75-81(69-63-57-51-45-35-29-23-17-11-5)115-88(106)72-66-60-53-47-41-38-32-26-20-14-8-2/h78-83,90-97,100,108-110H,7-77H2,1-6H3,(H,98,102)(H,99,103)/t79-,80?,81-,82?,83?,90?,91?,92?,93?,94?,95?,96?,97?/m1/s1. The van der Waals surface area contributed by atoms with Crippen LogP contribution in [0.1, 0.15) is 485 Å². The number of nitrogens with one attached hydrogen (secondary N) is 2. The Morgan fingerprint density at radius 1 is 0.331 bits per heavy atom. The zero-order chi connectivity index (χ0) is 86.0. The fourth-order valence-electron chi connectivity index (χ4n) is 16.6. The molecule has 21 heteroatoms. The summed E-state index contributed by atoms with van der Waals surface area (Å²) >= 11 is 0. The van der Waals surface area contributed by atoms with Crippen molar-refractivity contribution in [3.05, 3.63) is 0 Å². The number of carbonyl (C=O) groups excluding carboxylic acids is 7. The van der Waals surface area contributed by atoms with Gasteiger partial charge in [-0.3, -0.25) is 33.6 Å². The van der Waals surface area contributed by atoms with E-state index < -0.39 is 129 Å². The molecule has 2 amide bonds. The van der Waals surface area contributed by atoms with Crippen LogP contribution in [-0.4, -0.2) is 155 Å². The molecule has 0 radical (unpaired) electrons. The maximum absolute atomic E-state index is 14.9. The first-order valence-corrected chi connectivity index (χ1v) is 49.6. The molecule has 13 atom stereocenters. The second-order valence-corrected chi connectivity index (χ2v) is 35.1. The minimum Gasteiger partial charge on any atom is -0.462 e. The van der Waals surface area contributed by atoms with Crippen LogP contribution in [0.5, 0.6) is 0 Å². The Bertz CT molecular complexity index is 2390. The van der Waals surface area contributed by atoms with E-state index in [1.54, 1.807) is 0 Å². The Morgan fingerprint density at radius 2 is 0.610 bits per heavy atom. The molecule has 21 nitrogen and oxygen atoms in total. The van der Waals surface area contributed by atoms with Crippen molar-refractivity contribution in [3.8, 4) is 0 Å². The van der Waals surface area contributed by atoms with Crippen molar-refractivity contribution >= 4 is 42.2 Å². The lowest BCUT2D eigenvalue weighted by atomic mass is 9.95. The van der Waals surface area contributed by atoms with Crippen molar-refractivity contribution in [2.75, 3.05) is 13.2 Å². The van der Waals surface area contributed by atoms with Crippen LogP contribution in [0, 0.1) is 0 Å². The number of rotatable bonds is 84. The zero-order valence-corrected chi connectivity index (χ0v) is 76.2. The van der Waals surface area contributed by atoms with Crippen LogP contribution in [0.4, 0.5) is 0 Å². The number of hydrogen-bond donors (Lipinski definition) is 6. The van der Waals surface area contributed by atoms with E-state index in [1.807, 2.05) is 0 Å². The molecule has 2 aliphatic rings. The summed E-state index contributed by atoms with van der Waals surface area (Å²) in [6.45, 7) is 11.9. The Balaban J connectivity index is 2.51. The van der Waals surface area contributed by atoms with Gasteiger partial charge in [-0.05, 0) is 57.8 Å². The van der Waals surface area contributed by atoms with Gasteiger partial charge in [0.25, 0.3) is 6.47 Å². The Hall–Kier alpha value is -3.99. The van der Waals surface area contributed by atoms with Crippen molar-refractivity contribution in [1.82, 2.24) is 10.6 Å². The first-order valence-electron chi connectivity index (χ1n) is 49.6. The molecule has 0 saturated carbocycles. The third kappa shape index (κ3) is 58.2. The fourth-order valence-corrected chi connectivity index (χ4v) is 16.6. The molecule has 2 rings (SSSR count). The summed E-state index contributed by atoms with van der Waals surface area (Å²) < 4.78 is 48.9. The van der Waals surface area contributed by atoms with Crippen LogP contribution < -0.4 is 10.6 Å². The molecule has 6 N–H and O–H groups in total. The molecule has 0 aromatic carbocycles. The molecule has 118 heavy (non-hydrogen) atoms. The molecule has 0 aromatic heterocycles. The quantitative estimate of drug-likeness (QED) is 0.0143. The summed E-state index contributed by atoms with van der Waals surface area (Å²) in [5, 5.41) is 51.9. The van der Waals surface area contributed by atoms with E-state index in [-0.39, 0.29) is 44.5 Å². The van der Waals surface area contributed by atoms with Crippen LogP contribution in [0.15, 0.2) is 0 Å². The van der Waals surface area contributed by atoms with Gasteiger partial charge >= 0.3 is 23.9 Å². The van der Waals surface area contributed by atoms with Gasteiger partial charge in [0.05, 0.1) is 32.5 Å². The molecule has 2 aliphatic heterocycles. The van der Waals surface area contributed by atoms with Crippen molar-refractivity contribution in [2.24, 2.45) is 0 Å². The molecule has 2 heterocycles. The predicted molar refractivity (Wildman–Crippen MR) is 472 cm³/mol. The summed E-state index contributed by atoms with van der Waals surface area (Å²) in [4.78, 5) is 97.2. The largest absolute Gasteiger partial charge is 0.462 e. The average Bonchev–Trinajstić information content (AvgIpc) is 0.783. The summed E-state index contributed by atoms with van der Waals surface area (Å²) in [6, 6.07) is -3.12. The molecule has 2 fully saturated rings. The summed E-state index contributed by atoms with van der Waals surface area (Å²) in [6.07, 6.45) is 50.4. The highest BCUT2D eigenvalue weighted by atomic mass is 16.7. The van der Waals surface area contributed by atoms with Crippen molar-refractivity contribution < 1.29 is 91.9 Å². The maximum atomic E-state index is 14.9. The van der Waals surface area contributed by atoms with E-state index in [9.17, 15) is 54.0 Å². The Morgan fingerprint density at radius 3 is 0.907 bits per heavy atom. The van der Waals surface area contributed by atoms with Gasteiger partial charge in [0.15, 0.2) is 24.8 Å². The van der Waals surface area contributed by atoms with Gasteiger partial charge < -0.3 is 69.0 Å². The molecule has 0 aliphatic carbocycles. The van der Waals surface area contributed by atoms with Gasteiger partial charge in [0.1, 0.15) is 54.8 Å². The van der Waals surface area contributed by atoms with Crippen LogP contribution >= 0.6 is 0 Å². The van der Waals surface area contributed by atoms with Gasteiger partial charge in [-0.15, -0.1) is 0 Å². The lowest BCUT2D eigenvalue weighted by molar-refractivity contribution is -0.299. The summed E-state index contributed by atoms with van der Waals surface area (Å²) in [5.74, 6) is -3.43. The van der Waals surface area contributed by atoms with E-state index in [1.165, 1.54) is 186 Å². The number of carbonyl (C=O) groups is 7. The number of unbranched alkanes of at least 4 members (excludes halogenated alkanes) is 54. The highest BCUT2D eigenvalue weighted by Gasteiger charge is 2.52. The van der Waals surface area contributed by atoms with Crippen LogP contribution in [-0.2, 0) is 71.5 Å². The minimum atomic E-state index is -1.92. The van der Waals surface area contributed by atoms with Crippen LogP contribution in [0.3, 0.4) is 0 Å². The van der Waals surface area contributed by atoms with Gasteiger partial charge in [0, 0.05) is 19.3 Å². The Labute approximate surface area is 718 Å². The number of aliphatic hydroxyl groups is 4. The second-order valence-electron chi connectivity index (χ2n) is 35.1. The normalized spacial score (nSPS) is 20.1. The zero-order valence-electron chi connectivity index (χ0n) is 76.2. The van der Waals surface area contributed by atoms with E-state index in [4.69, 9.17) is 37.9 Å². The number of esters is 4. The van der Waals surface area contributed by atoms with Gasteiger partial charge in [-0.2, -0.15) is 0 Å². The van der Waals surface area contributed by atoms with Crippen molar-refractivity contribution in [3.63, 3.8) is 0 Å². The molecule has 0 bridgehead atoms. The number of ether oxygens (including phenoxy) is 8. The smallest absolute Gasteiger partial charge is 0.310 e. The molecule has 11 unspecified atom stereocenters. The summed E-state index contributed by atoms with van der Waals surface area (Å²) in [7, 11) is 0. The summed E-state index contributed by atoms with van der Waals surface area (Å²) in [5.41, 5.74) is 0. The third-order valence-corrected chi connectivity index (χ3v) is 24.1. The molecule has 0 spiro atoms. The second kappa shape index (κ2) is 77.8. The molecule has 692 valence electrons. The van der Waals surface area contributed by atoms with E-state index in [0.29, 0.717) is 51.4 Å². The highest BCUT2D eigenvalue weighted by molar-refractivity contribution is 5.79. The molecular formula is C97H180N2O19. The maximum Gasteiger partial charge on any atom is 0.310 e. The highest BCUT2D eigenvalue weighted by Crippen LogP contribution is 2.32. The fraction of sp³-hybridized carbons (Fsp3) is 0.928. The van der Waals surface area contributed by atoms with Crippen LogP contribution in [0.2, 0.25) is 0 Å². The van der Waals surface area contributed by atoms with E-state index in [2.05, 4.69) is 52.2 Å². The first kappa shape index (κ1) is 110. The Kier molecular flexibility index (Phi) is 72.6. The third-order valence-electron chi connectivity index (χ3n) is 24.1.